The largest absolute Gasteiger partial charge is 0.492 e. The third-order valence-corrected chi connectivity index (χ3v) is 2.62. The smallest absolute Gasteiger partial charge is 0.241 e. The summed E-state index contributed by atoms with van der Waals surface area (Å²) in [4.78, 5) is 12.8. The summed E-state index contributed by atoms with van der Waals surface area (Å²) >= 11 is 11.5. The molecule has 0 bridgehead atoms. The van der Waals surface area contributed by atoms with Gasteiger partial charge in [0, 0.05) is 12.7 Å². The lowest BCUT2D eigenvalue weighted by Gasteiger charge is -2.17. The molecular weight excluding hydrogens is 249 g/mol. The first-order chi connectivity index (χ1) is 7.60. The molecule has 88 valence electrons. The number of nitrogens with zero attached hydrogens (tertiary/aromatic N) is 1. The maximum atomic E-state index is 11.4. The first-order valence-electron chi connectivity index (χ1n) is 4.85. The summed E-state index contributed by atoms with van der Waals surface area (Å²) in [6, 6.07) is 5.18. The zero-order valence-electron chi connectivity index (χ0n) is 9.17. The molecule has 0 aliphatic rings. The highest BCUT2D eigenvalue weighted by Gasteiger charge is 2.11. The minimum absolute atomic E-state index is 0.0542. The normalized spacial score (nSPS) is 10.0. The monoisotopic (exact) mass is 261 g/mol. The molecule has 0 spiro atoms. The summed E-state index contributed by atoms with van der Waals surface area (Å²) in [5, 5.41) is 0.480. The summed E-state index contributed by atoms with van der Waals surface area (Å²) in [5.74, 6) is 0.378. The van der Waals surface area contributed by atoms with Crippen molar-refractivity contribution in [1.29, 1.82) is 0 Å². The Bertz CT molecular complexity index is 382. The van der Waals surface area contributed by atoms with Crippen molar-refractivity contribution >= 4 is 34.8 Å². The van der Waals surface area contributed by atoms with Gasteiger partial charge in [0.05, 0.1) is 11.6 Å². The Balaban J connectivity index is 2.92. The predicted molar refractivity (Wildman–Crippen MR) is 66.8 cm³/mol. The lowest BCUT2D eigenvalue weighted by atomic mass is 10.3. The van der Waals surface area contributed by atoms with Crippen LogP contribution in [0.2, 0.25) is 5.02 Å². The summed E-state index contributed by atoms with van der Waals surface area (Å²) in [7, 11) is 1.65. The zero-order chi connectivity index (χ0) is 12.1. The number of halogens is 2. The first kappa shape index (κ1) is 13.1. The van der Waals surface area contributed by atoms with Crippen LogP contribution in [0.5, 0.6) is 5.75 Å². The fourth-order valence-corrected chi connectivity index (χ4v) is 1.61. The Kier molecular flexibility index (Phi) is 4.90. The van der Waals surface area contributed by atoms with Gasteiger partial charge in [-0.25, -0.2) is 0 Å². The number of carbonyl (C=O) groups is 1. The van der Waals surface area contributed by atoms with Crippen LogP contribution in [0.15, 0.2) is 18.2 Å². The first-order valence-corrected chi connectivity index (χ1v) is 5.76. The lowest BCUT2D eigenvalue weighted by Crippen LogP contribution is -2.27. The maximum Gasteiger partial charge on any atom is 0.241 e. The SMILES string of the molecule is CCOc1ccc(N(C)C(=O)CCl)cc1Cl. The Hall–Kier alpha value is -0.930. The van der Waals surface area contributed by atoms with Gasteiger partial charge in [-0.2, -0.15) is 0 Å². The number of anilines is 1. The van der Waals surface area contributed by atoms with Crippen LogP contribution < -0.4 is 9.64 Å². The van der Waals surface area contributed by atoms with Crippen LogP contribution in [0.25, 0.3) is 0 Å². The van der Waals surface area contributed by atoms with E-state index in [-0.39, 0.29) is 11.8 Å². The molecule has 1 aromatic rings. The van der Waals surface area contributed by atoms with Crippen molar-refractivity contribution in [3.05, 3.63) is 23.2 Å². The van der Waals surface area contributed by atoms with E-state index in [4.69, 9.17) is 27.9 Å². The third kappa shape index (κ3) is 3.03. The van der Waals surface area contributed by atoms with Crippen molar-refractivity contribution in [2.24, 2.45) is 0 Å². The van der Waals surface area contributed by atoms with Gasteiger partial charge in [-0.05, 0) is 25.1 Å². The molecule has 5 heteroatoms. The van der Waals surface area contributed by atoms with Crippen LogP contribution in [0.1, 0.15) is 6.92 Å². The van der Waals surface area contributed by atoms with Crippen molar-refractivity contribution in [1.82, 2.24) is 0 Å². The number of benzene rings is 1. The van der Waals surface area contributed by atoms with Gasteiger partial charge in [-0.1, -0.05) is 11.6 Å². The number of hydrogen-bond donors (Lipinski definition) is 0. The van der Waals surface area contributed by atoms with Gasteiger partial charge in [-0.15, -0.1) is 11.6 Å². The van der Waals surface area contributed by atoms with E-state index >= 15 is 0 Å². The van der Waals surface area contributed by atoms with Gasteiger partial charge >= 0.3 is 0 Å². The second kappa shape index (κ2) is 5.97. The van der Waals surface area contributed by atoms with Crippen molar-refractivity contribution in [3.8, 4) is 5.75 Å². The topological polar surface area (TPSA) is 29.5 Å². The fourth-order valence-electron chi connectivity index (χ4n) is 1.20. The lowest BCUT2D eigenvalue weighted by molar-refractivity contribution is -0.116. The van der Waals surface area contributed by atoms with Gasteiger partial charge in [0.1, 0.15) is 11.6 Å². The molecule has 0 atom stereocenters. The van der Waals surface area contributed by atoms with Gasteiger partial charge in [0.15, 0.2) is 0 Å². The highest BCUT2D eigenvalue weighted by Crippen LogP contribution is 2.29. The third-order valence-electron chi connectivity index (χ3n) is 2.09. The molecular formula is C11H13Cl2NO2. The molecule has 0 saturated carbocycles. The number of ether oxygens (including phenoxy) is 1. The molecule has 0 N–H and O–H groups in total. The highest BCUT2D eigenvalue weighted by molar-refractivity contribution is 6.32. The van der Waals surface area contributed by atoms with Crippen molar-refractivity contribution in [2.75, 3.05) is 24.4 Å². The van der Waals surface area contributed by atoms with Crippen LogP contribution in [-0.2, 0) is 4.79 Å². The molecule has 0 fully saturated rings. The number of carbonyl (C=O) groups excluding carboxylic acids is 1. The Morgan fingerprint density at radius 2 is 2.19 bits per heavy atom. The van der Waals surface area contributed by atoms with E-state index in [0.29, 0.717) is 23.1 Å². The molecule has 0 aliphatic carbocycles. The molecule has 0 aliphatic heterocycles. The molecule has 0 saturated heterocycles. The molecule has 0 unspecified atom stereocenters. The average molecular weight is 262 g/mol. The molecule has 3 nitrogen and oxygen atoms in total. The van der Waals surface area contributed by atoms with Crippen LogP contribution in [0.3, 0.4) is 0 Å². The average Bonchev–Trinajstić information content (AvgIpc) is 2.30. The van der Waals surface area contributed by atoms with Gasteiger partial charge in [0.25, 0.3) is 0 Å². The van der Waals surface area contributed by atoms with E-state index in [1.807, 2.05) is 6.92 Å². The second-order valence-electron chi connectivity index (χ2n) is 3.13. The molecule has 0 heterocycles. The van der Waals surface area contributed by atoms with Crippen LogP contribution in [-0.4, -0.2) is 25.4 Å². The Morgan fingerprint density at radius 1 is 1.50 bits per heavy atom. The standard InChI is InChI=1S/C11H13Cl2NO2/c1-3-16-10-5-4-8(6-9(10)13)14(2)11(15)7-12/h4-6H,3,7H2,1-2H3. The number of alkyl halides is 1. The van der Waals surface area contributed by atoms with E-state index in [1.54, 1.807) is 25.2 Å². The molecule has 1 aromatic carbocycles. The summed E-state index contributed by atoms with van der Waals surface area (Å²) in [6.07, 6.45) is 0. The fraction of sp³-hybridized carbons (Fsp3) is 0.364. The number of rotatable bonds is 4. The van der Waals surface area contributed by atoms with E-state index in [9.17, 15) is 4.79 Å². The molecule has 0 radical (unpaired) electrons. The number of amides is 1. The van der Waals surface area contributed by atoms with Crippen LogP contribution in [0.4, 0.5) is 5.69 Å². The van der Waals surface area contributed by atoms with Crippen molar-refractivity contribution < 1.29 is 9.53 Å². The van der Waals surface area contributed by atoms with Crippen molar-refractivity contribution in [3.63, 3.8) is 0 Å². The van der Waals surface area contributed by atoms with Gasteiger partial charge in [0.2, 0.25) is 5.91 Å². The second-order valence-corrected chi connectivity index (χ2v) is 3.81. The van der Waals surface area contributed by atoms with Crippen molar-refractivity contribution in [2.45, 2.75) is 6.92 Å². The Morgan fingerprint density at radius 3 is 2.69 bits per heavy atom. The van der Waals surface area contributed by atoms with Gasteiger partial charge < -0.3 is 9.64 Å². The molecule has 1 amide bonds. The van der Waals surface area contributed by atoms with Crippen LogP contribution >= 0.6 is 23.2 Å². The Labute approximate surface area is 105 Å². The van der Waals surface area contributed by atoms with E-state index in [0.717, 1.165) is 0 Å². The van der Waals surface area contributed by atoms with Gasteiger partial charge in [-0.3, -0.25) is 4.79 Å². The zero-order valence-corrected chi connectivity index (χ0v) is 10.7. The minimum atomic E-state index is -0.179. The summed E-state index contributed by atoms with van der Waals surface area (Å²) in [6.45, 7) is 2.43. The molecule has 16 heavy (non-hydrogen) atoms. The minimum Gasteiger partial charge on any atom is -0.492 e. The van der Waals surface area contributed by atoms with E-state index in [1.165, 1.54) is 4.90 Å². The highest BCUT2D eigenvalue weighted by atomic mass is 35.5. The van der Waals surface area contributed by atoms with E-state index in [2.05, 4.69) is 0 Å². The number of hydrogen-bond acceptors (Lipinski definition) is 2. The molecule has 1 rings (SSSR count). The maximum absolute atomic E-state index is 11.4. The summed E-state index contributed by atoms with van der Waals surface area (Å²) < 4.78 is 5.30. The predicted octanol–water partition coefficient (Wildman–Crippen LogP) is 2.94. The van der Waals surface area contributed by atoms with Crippen LogP contribution in [0, 0.1) is 0 Å². The summed E-state index contributed by atoms with van der Waals surface area (Å²) in [5.41, 5.74) is 0.694. The molecule has 0 aromatic heterocycles. The van der Waals surface area contributed by atoms with E-state index < -0.39 is 0 Å². The quantitative estimate of drug-likeness (QED) is 0.781.